The average molecular weight is 222 g/mol. The second-order valence-corrected chi connectivity index (χ2v) is 4.03. The Bertz CT molecular complexity index is 371. The van der Waals surface area contributed by atoms with E-state index in [1.54, 1.807) is 12.1 Å². The topological polar surface area (TPSA) is 46.5 Å². The number of hydrogen-bond donors (Lipinski definition) is 1. The van der Waals surface area contributed by atoms with Gasteiger partial charge in [-0.3, -0.25) is 4.79 Å². The Labute approximate surface area is 96.1 Å². The number of carbonyl (C=O) groups excluding carboxylic acids is 1. The molecule has 1 atom stereocenters. The number of hydrogen-bond acceptors (Lipinski definition) is 3. The zero-order valence-corrected chi connectivity index (χ0v) is 9.99. The Hall–Kier alpha value is -1.51. The maximum absolute atomic E-state index is 11.4. The summed E-state index contributed by atoms with van der Waals surface area (Å²) >= 11 is 0. The van der Waals surface area contributed by atoms with Crippen LogP contribution in [0.15, 0.2) is 18.2 Å². The van der Waals surface area contributed by atoms with E-state index in [0.717, 1.165) is 6.42 Å². The van der Waals surface area contributed by atoms with Crippen LogP contribution in [0.2, 0.25) is 0 Å². The average Bonchev–Trinajstić information content (AvgIpc) is 2.25. The smallest absolute Gasteiger partial charge is 0.167 e. The fourth-order valence-corrected chi connectivity index (χ4v) is 1.34. The minimum Gasteiger partial charge on any atom is -0.507 e. The van der Waals surface area contributed by atoms with Crippen LogP contribution in [0.3, 0.4) is 0 Å². The summed E-state index contributed by atoms with van der Waals surface area (Å²) in [7, 11) is 0. The van der Waals surface area contributed by atoms with E-state index in [9.17, 15) is 9.90 Å². The second-order valence-electron chi connectivity index (χ2n) is 4.03. The molecule has 1 unspecified atom stereocenters. The van der Waals surface area contributed by atoms with Crippen molar-refractivity contribution in [2.24, 2.45) is 5.92 Å². The van der Waals surface area contributed by atoms with Crippen molar-refractivity contribution in [1.82, 2.24) is 0 Å². The van der Waals surface area contributed by atoms with Crippen LogP contribution >= 0.6 is 0 Å². The fraction of sp³-hybridized carbons (Fsp3) is 0.462. The van der Waals surface area contributed by atoms with Gasteiger partial charge in [0.25, 0.3) is 0 Å². The van der Waals surface area contributed by atoms with E-state index in [0.29, 0.717) is 18.3 Å². The van der Waals surface area contributed by atoms with Gasteiger partial charge >= 0.3 is 0 Å². The molecule has 0 fully saturated rings. The number of benzene rings is 1. The third-order valence-corrected chi connectivity index (χ3v) is 2.58. The molecule has 3 heteroatoms. The highest BCUT2D eigenvalue weighted by molar-refractivity contribution is 5.99. The Morgan fingerprint density at radius 1 is 1.50 bits per heavy atom. The van der Waals surface area contributed by atoms with Crippen molar-refractivity contribution in [2.45, 2.75) is 27.2 Å². The molecule has 16 heavy (non-hydrogen) atoms. The van der Waals surface area contributed by atoms with Crippen molar-refractivity contribution in [2.75, 3.05) is 6.61 Å². The van der Waals surface area contributed by atoms with Gasteiger partial charge in [0, 0.05) is 0 Å². The number of phenolic OH excluding ortho intramolecular Hbond substituents is 1. The van der Waals surface area contributed by atoms with E-state index in [-0.39, 0.29) is 17.1 Å². The van der Waals surface area contributed by atoms with Crippen molar-refractivity contribution in [3.8, 4) is 11.5 Å². The highest BCUT2D eigenvalue weighted by atomic mass is 16.5. The van der Waals surface area contributed by atoms with Gasteiger partial charge in [0.1, 0.15) is 17.1 Å². The molecule has 0 aromatic heterocycles. The lowest BCUT2D eigenvalue weighted by molar-refractivity contribution is 0.101. The molecule has 0 saturated carbocycles. The molecule has 1 aromatic rings. The summed E-state index contributed by atoms with van der Waals surface area (Å²) < 4.78 is 5.55. The molecule has 0 heterocycles. The molecule has 0 radical (unpaired) electrons. The van der Waals surface area contributed by atoms with Crippen molar-refractivity contribution >= 4 is 5.78 Å². The van der Waals surface area contributed by atoms with Crippen molar-refractivity contribution < 1.29 is 14.6 Å². The van der Waals surface area contributed by atoms with Crippen LogP contribution < -0.4 is 4.74 Å². The molecule has 88 valence electrons. The molecule has 0 aliphatic rings. The molecule has 0 spiro atoms. The van der Waals surface area contributed by atoms with E-state index < -0.39 is 0 Å². The molecule has 0 aliphatic carbocycles. The number of aromatic hydroxyl groups is 1. The van der Waals surface area contributed by atoms with Crippen LogP contribution in [0.25, 0.3) is 0 Å². The summed E-state index contributed by atoms with van der Waals surface area (Å²) in [5.41, 5.74) is 0.269. The summed E-state index contributed by atoms with van der Waals surface area (Å²) in [6, 6.07) is 4.87. The number of Topliss-reactive ketones (excluding diaryl/α,β-unsaturated/α-hetero) is 1. The van der Waals surface area contributed by atoms with Gasteiger partial charge in [-0.25, -0.2) is 0 Å². The van der Waals surface area contributed by atoms with Crippen molar-refractivity contribution in [3.63, 3.8) is 0 Å². The number of phenols is 1. The van der Waals surface area contributed by atoms with Crippen LogP contribution in [0.1, 0.15) is 37.6 Å². The van der Waals surface area contributed by atoms with Gasteiger partial charge in [0.2, 0.25) is 0 Å². The summed E-state index contributed by atoms with van der Waals surface area (Å²) in [5.74, 6) is 0.696. The normalized spacial score (nSPS) is 12.2. The number of rotatable bonds is 5. The monoisotopic (exact) mass is 222 g/mol. The maximum Gasteiger partial charge on any atom is 0.167 e. The predicted octanol–water partition coefficient (Wildman–Crippen LogP) is 3.02. The van der Waals surface area contributed by atoms with E-state index in [1.807, 2.05) is 0 Å². The van der Waals surface area contributed by atoms with Gasteiger partial charge in [-0.15, -0.1) is 0 Å². The largest absolute Gasteiger partial charge is 0.507 e. The number of carbonyl (C=O) groups is 1. The van der Waals surface area contributed by atoms with Gasteiger partial charge < -0.3 is 9.84 Å². The molecule has 1 aromatic carbocycles. The summed E-state index contributed by atoms with van der Waals surface area (Å²) in [6.45, 7) is 6.14. The van der Waals surface area contributed by atoms with Crippen LogP contribution in [0, 0.1) is 5.92 Å². The van der Waals surface area contributed by atoms with Gasteiger partial charge in [-0.1, -0.05) is 26.3 Å². The lowest BCUT2D eigenvalue weighted by atomic mass is 10.1. The first kappa shape index (κ1) is 12.6. The fourth-order valence-electron chi connectivity index (χ4n) is 1.34. The highest BCUT2D eigenvalue weighted by Crippen LogP contribution is 2.28. The number of ether oxygens (including phenoxy) is 1. The van der Waals surface area contributed by atoms with Crippen molar-refractivity contribution in [3.05, 3.63) is 23.8 Å². The Balaban J connectivity index is 2.87. The molecule has 1 N–H and O–H groups in total. The summed E-state index contributed by atoms with van der Waals surface area (Å²) in [6.07, 6.45) is 1.02. The molecule has 0 aliphatic heterocycles. The van der Waals surface area contributed by atoms with Crippen LogP contribution in [0.5, 0.6) is 11.5 Å². The minimum atomic E-state index is -0.183. The van der Waals surface area contributed by atoms with Gasteiger partial charge in [-0.05, 0) is 25.0 Å². The molecule has 1 rings (SSSR count). The van der Waals surface area contributed by atoms with E-state index in [2.05, 4.69) is 13.8 Å². The quantitative estimate of drug-likeness (QED) is 0.779. The summed E-state index contributed by atoms with van der Waals surface area (Å²) in [5, 5.41) is 9.58. The Kier molecular flexibility index (Phi) is 4.35. The first-order chi connectivity index (χ1) is 7.56. The van der Waals surface area contributed by atoms with Crippen LogP contribution in [-0.2, 0) is 0 Å². The zero-order chi connectivity index (χ0) is 12.1. The molecular formula is C13H18O3. The highest BCUT2D eigenvalue weighted by Gasteiger charge is 2.13. The zero-order valence-electron chi connectivity index (χ0n) is 9.99. The molecule has 0 amide bonds. The van der Waals surface area contributed by atoms with Gasteiger partial charge in [0.15, 0.2) is 5.78 Å². The van der Waals surface area contributed by atoms with Gasteiger partial charge in [0.05, 0.1) is 6.61 Å². The minimum absolute atomic E-state index is 0.0193. The first-order valence-electron chi connectivity index (χ1n) is 5.52. The third kappa shape index (κ3) is 2.99. The SMILES string of the molecule is CCC(C)COc1cccc(O)c1C(C)=O. The third-order valence-electron chi connectivity index (χ3n) is 2.58. The first-order valence-corrected chi connectivity index (χ1v) is 5.52. The second kappa shape index (κ2) is 5.54. The van der Waals surface area contributed by atoms with E-state index >= 15 is 0 Å². The summed E-state index contributed by atoms with van der Waals surface area (Å²) in [4.78, 5) is 11.4. The Morgan fingerprint density at radius 2 is 2.19 bits per heavy atom. The molecule has 0 saturated heterocycles. The maximum atomic E-state index is 11.4. The van der Waals surface area contributed by atoms with Crippen LogP contribution in [-0.4, -0.2) is 17.5 Å². The van der Waals surface area contributed by atoms with Crippen LogP contribution in [0.4, 0.5) is 0 Å². The molecule has 0 bridgehead atoms. The predicted molar refractivity (Wildman–Crippen MR) is 63.1 cm³/mol. The van der Waals surface area contributed by atoms with Crippen molar-refractivity contribution in [1.29, 1.82) is 0 Å². The Morgan fingerprint density at radius 3 is 2.75 bits per heavy atom. The lowest BCUT2D eigenvalue weighted by Crippen LogP contribution is -2.09. The molecule has 3 nitrogen and oxygen atoms in total. The van der Waals surface area contributed by atoms with E-state index in [1.165, 1.54) is 13.0 Å². The number of ketones is 1. The van der Waals surface area contributed by atoms with E-state index in [4.69, 9.17) is 4.74 Å². The lowest BCUT2D eigenvalue weighted by Gasteiger charge is -2.13. The van der Waals surface area contributed by atoms with Gasteiger partial charge in [-0.2, -0.15) is 0 Å². The molecular weight excluding hydrogens is 204 g/mol. The standard InChI is InChI=1S/C13H18O3/c1-4-9(2)8-16-12-7-5-6-11(15)13(12)10(3)14/h5-7,9,15H,4,8H2,1-3H3.